The maximum Gasteiger partial charge on any atom is 0.257 e. The number of benzene rings is 2. The van der Waals surface area contributed by atoms with E-state index in [-0.39, 0.29) is 22.6 Å². The fourth-order valence-electron chi connectivity index (χ4n) is 2.21. The predicted molar refractivity (Wildman–Crippen MR) is 114 cm³/mol. The third-order valence-corrected chi connectivity index (χ3v) is 4.40. The Hall–Kier alpha value is -2.15. The second kappa shape index (κ2) is 9.69. The summed E-state index contributed by atoms with van der Waals surface area (Å²) in [6.07, 6.45) is 0.817. The van der Waals surface area contributed by atoms with Crippen molar-refractivity contribution in [2.75, 3.05) is 5.32 Å². The van der Waals surface area contributed by atoms with Gasteiger partial charge < -0.3 is 10.6 Å². The molecule has 0 bridgehead atoms. The first kappa shape index (κ1) is 21.2. The van der Waals surface area contributed by atoms with E-state index in [2.05, 4.69) is 16.0 Å². The first-order valence-electron chi connectivity index (χ1n) is 8.28. The smallest absolute Gasteiger partial charge is 0.257 e. The van der Waals surface area contributed by atoms with Gasteiger partial charge in [-0.25, -0.2) is 0 Å². The summed E-state index contributed by atoms with van der Waals surface area (Å²) in [6, 6.07) is 11.5. The lowest BCUT2D eigenvalue weighted by Gasteiger charge is -2.16. The second-order valence-corrected chi connectivity index (χ2v) is 7.18. The maximum absolute atomic E-state index is 12.4. The third kappa shape index (κ3) is 6.20. The topological polar surface area (TPSA) is 70.2 Å². The van der Waals surface area contributed by atoms with Gasteiger partial charge >= 0.3 is 0 Å². The standard InChI is InChI=1S/C19H19Cl2N3O2S/c1-3-11(2)22-18(26)15-6-4-5-7-16(15)23-19(27)24-17(25)12-8-13(20)10-14(21)9-12/h4-11H,3H2,1-2H3,(H,22,26)(H2,23,24,25,27). The van der Waals surface area contributed by atoms with Gasteiger partial charge in [0.15, 0.2) is 5.11 Å². The highest BCUT2D eigenvalue weighted by Gasteiger charge is 2.15. The number of nitrogens with one attached hydrogen (secondary N) is 3. The Morgan fingerprint density at radius 3 is 2.33 bits per heavy atom. The van der Waals surface area contributed by atoms with Crippen molar-refractivity contribution in [2.24, 2.45) is 0 Å². The van der Waals surface area contributed by atoms with Crippen LogP contribution in [0.15, 0.2) is 42.5 Å². The quantitative estimate of drug-likeness (QED) is 0.612. The number of hydrogen-bond donors (Lipinski definition) is 3. The molecule has 0 spiro atoms. The molecule has 3 N–H and O–H groups in total. The van der Waals surface area contributed by atoms with Crippen LogP contribution in [0.3, 0.4) is 0 Å². The van der Waals surface area contributed by atoms with Crippen molar-refractivity contribution in [2.45, 2.75) is 26.3 Å². The molecule has 0 aliphatic carbocycles. The predicted octanol–water partition coefficient (Wildman–Crippen LogP) is 4.65. The number of para-hydroxylation sites is 1. The molecule has 0 saturated heterocycles. The number of carbonyl (C=O) groups excluding carboxylic acids is 2. The fourth-order valence-corrected chi connectivity index (χ4v) is 2.94. The molecule has 27 heavy (non-hydrogen) atoms. The number of thiocarbonyl (C=S) groups is 1. The lowest BCUT2D eigenvalue weighted by molar-refractivity contribution is 0.0938. The van der Waals surface area contributed by atoms with Crippen molar-refractivity contribution >= 4 is 58.0 Å². The number of rotatable bonds is 5. The first-order valence-corrected chi connectivity index (χ1v) is 9.45. The van der Waals surface area contributed by atoms with Gasteiger partial charge in [-0.2, -0.15) is 0 Å². The van der Waals surface area contributed by atoms with E-state index < -0.39 is 5.91 Å². The fraction of sp³-hybridized carbons (Fsp3) is 0.211. The van der Waals surface area contributed by atoms with Crippen LogP contribution in [0.1, 0.15) is 41.0 Å². The van der Waals surface area contributed by atoms with E-state index in [0.717, 1.165) is 6.42 Å². The minimum absolute atomic E-state index is 0.0461. The van der Waals surface area contributed by atoms with E-state index in [1.165, 1.54) is 18.2 Å². The van der Waals surface area contributed by atoms with Crippen LogP contribution in [0, 0.1) is 0 Å². The molecule has 0 fully saturated rings. The Balaban J connectivity index is 2.09. The zero-order valence-corrected chi connectivity index (χ0v) is 17.1. The number of hydrogen-bond acceptors (Lipinski definition) is 3. The highest BCUT2D eigenvalue weighted by molar-refractivity contribution is 7.80. The van der Waals surface area contributed by atoms with Crippen molar-refractivity contribution in [1.29, 1.82) is 0 Å². The van der Waals surface area contributed by atoms with E-state index in [1.54, 1.807) is 24.3 Å². The van der Waals surface area contributed by atoms with Gasteiger partial charge in [0.05, 0.1) is 11.3 Å². The van der Waals surface area contributed by atoms with Crippen LogP contribution in [-0.4, -0.2) is 23.0 Å². The Bertz CT molecular complexity index is 854. The summed E-state index contributed by atoms with van der Waals surface area (Å²) in [7, 11) is 0. The van der Waals surface area contributed by atoms with E-state index in [1.807, 2.05) is 13.8 Å². The van der Waals surface area contributed by atoms with Gasteiger partial charge in [0.1, 0.15) is 0 Å². The average molecular weight is 424 g/mol. The monoisotopic (exact) mass is 423 g/mol. The van der Waals surface area contributed by atoms with Gasteiger partial charge in [-0.1, -0.05) is 42.3 Å². The molecule has 0 heterocycles. The lowest BCUT2D eigenvalue weighted by atomic mass is 10.1. The minimum atomic E-state index is -0.460. The molecule has 0 radical (unpaired) electrons. The molecule has 1 atom stereocenters. The van der Waals surface area contributed by atoms with E-state index in [9.17, 15) is 9.59 Å². The van der Waals surface area contributed by atoms with Gasteiger partial charge in [-0.05, 0) is 55.9 Å². The van der Waals surface area contributed by atoms with Crippen LogP contribution in [-0.2, 0) is 0 Å². The van der Waals surface area contributed by atoms with Crippen molar-refractivity contribution < 1.29 is 9.59 Å². The van der Waals surface area contributed by atoms with Crippen LogP contribution in [0.25, 0.3) is 0 Å². The SMILES string of the molecule is CCC(C)NC(=O)c1ccccc1NC(=S)NC(=O)c1cc(Cl)cc(Cl)c1. The molecule has 2 amide bonds. The Labute approximate surface area is 173 Å². The largest absolute Gasteiger partial charge is 0.350 e. The third-order valence-electron chi connectivity index (χ3n) is 3.76. The zero-order chi connectivity index (χ0) is 20.0. The molecule has 8 heteroatoms. The Morgan fingerprint density at radius 1 is 1.07 bits per heavy atom. The van der Waals surface area contributed by atoms with Crippen LogP contribution in [0.2, 0.25) is 10.0 Å². The maximum atomic E-state index is 12.4. The molecule has 0 saturated carbocycles. The van der Waals surface area contributed by atoms with Gasteiger partial charge in [-0.3, -0.25) is 14.9 Å². The number of halogens is 2. The molecular formula is C19H19Cl2N3O2S. The van der Waals surface area contributed by atoms with Crippen molar-refractivity contribution in [3.8, 4) is 0 Å². The molecule has 0 aromatic heterocycles. The first-order chi connectivity index (χ1) is 12.8. The van der Waals surface area contributed by atoms with Crippen LogP contribution >= 0.6 is 35.4 Å². The summed E-state index contributed by atoms with van der Waals surface area (Å²) in [5.41, 5.74) is 1.20. The molecule has 2 rings (SSSR count). The molecular weight excluding hydrogens is 405 g/mol. The minimum Gasteiger partial charge on any atom is -0.350 e. The van der Waals surface area contributed by atoms with Crippen molar-refractivity contribution in [3.05, 3.63) is 63.6 Å². The van der Waals surface area contributed by atoms with E-state index >= 15 is 0 Å². The van der Waals surface area contributed by atoms with E-state index in [4.69, 9.17) is 35.4 Å². The molecule has 2 aromatic carbocycles. The summed E-state index contributed by atoms with van der Waals surface area (Å²) < 4.78 is 0. The zero-order valence-electron chi connectivity index (χ0n) is 14.8. The normalized spacial score (nSPS) is 11.4. The molecule has 1 unspecified atom stereocenters. The molecule has 5 nitrogen and oxygen atoms in total. The van der Waals surface area contributed by atoms with Crippen molar-refractivity contribution in [3.63, 3.8) is 0 Å². The van der Waals surface area contributed by atoms with Crippen molar-refractivity contribution in [1.82, 2.24) is 10.6 Å². The second-order valence-electron chi connectivity index (χ2n) is 5.89. The van der Waals surface area contributed by atoms with Gasteiger partial charge in [0.25, 0.3) is 11.8 Å². The summed E-state index contributed by atoms with van der Waals surface area (Å²) in [4.78, 5) is 24.7. The highest BCUT2D eigenvalue weighted by atomic mass is 35.5. The van der Waals surface area contributed by atoms with Crippen LogP contribution in [0.4, 0.5) is 5.69 Å². The number of carbonyl (C=O) groups is 2. The lowest BCUT2D eigenvalue weighted by Crippen LogP contribution is -2.36. The van der Waals surface area contributed by atoms with Gasteiger partial charge in [0.2, 0.25) is 0 Å². The van der Waals surface area contributed by atoms with Crippen LogP contribution in [0.5, 0.6) is 0 Å². The average Bonchev–Trinajstić information content (AvgIpc) is 2.60. The highest BCUT2D eigenvalue weighted by Crippen LogP contribution is 2.19. The summed E-state index contributed by atoms with van der Waals surface area (Å²) in [5.74, 6) is -0.679. The molecule has 0 aliphatic rings. The van der Waals surface area contributed by atoms with Gasteiger partial charge in [0, 0.05) is 21.7 Å². The number of anilines is 1. The number of amides is 2. The Morgan fingerprint density at radius 2 is 1.70 bits per heavy atom. The molecule has 0 aliphatic heterocycles. The van der Waals surface area contributed by atoms with Gasteiger partial charge in [-0.15, -0.1) is 0 Å². The summed E-state index contributed by atoms with van der Waals surface area (Å²) >= 11 is 17.0. The molecule has 2 aromatic rings. The summed E-state index contributed by atoms with van der Waals surface area (Å²) in [6.45, 7) is 3.91. The molecule has 142 valence electrons. The Kier molecular flexibility index (Phi) is 7.59. The summed E-state index contributed by atoms with van der Waals surface area (Å²) in [5, 5.41) is 9.08. The van der Waals surface area contributed by atoms with E-state index in [0.29, 0.717) is 21.3 Å². The van der Waals surface area contributed by atoms with Crippen LogP contribution < -0.4 is 16.0 Å².